The lowest BCUT2D eigenvalue weighted by Gasteiger charge is -2.34. The van der Waals surface area contributed by atoms with Crippen LogP contribution in [0.2, 0.25) is 0 Å². The second-order valence-electron chi connectivity index (χ2n) is 4.42. The first-order valence-corrected chi connectivity index (χ1v) is 6.68. The molecule has 0 aromatic carbocycles. The average Bonchev–Trinajstić information content (AvgIpc) is 2.51. The summed E-state index contributed by atoms with van der Waals surface area (Å²) in [6.07, 6.45) is 10.5. The van der Waals surface area contributed by atoms with E-state index < -0.39 is 0 Å². The topological polar surface area (TPSA) is 29.0 Å². The number of anilines is 1. The van der Waals surface area contributed by atoms with Gasteiger partial charge in [-0.3, -0.25) is 0 Å². The van der Waals surface area contributed by atoms with Crippen LogP contribution in [0, 0.1) is 3.57 Å². The van der Waals surface area contributed by atoms with Gasteiger partial charge in [0.1, 0.15) is 0 Å². The third-order valence-electron chi connectivity index (χ3n) is 3.53. The van der Waals surface area contributed by atoms with Gasteiger partial charge in [-0.05, 0) is 54.7 Å². The molecule has 0 N–H and O–H groups in total. The zero-order valence-corrected chi connectivity index (χ0v) is 10.7. The van der Waals surface area contributed by atoms with Crippen LogP contribution in [0.25, 0.3) is 0 Å². The molecule has 15 heavy (non-hydrogen) atoms. The maximum Gasteiger partial charge on any atom is 0.225 e. The number of aromatic nitrogens is 2. The number of nitrogens with zero attached hydrogens (tertiary/aromatic N) is 3. The highest BCUT2D eigenvalue weighted by atomic mass is 127. The van der Waals surface area contributed by atoms with Crippen LogP contribution in [0.1, 0.15) is 32.1 Å². The summed E-state index contributed by atoms with van der Waals surface area (Å²) in [4.78, 5) is 11.4. The Labute approximate surface area is 103 Å². The molecule has 0 saturated carbocycles. The lowest BCUT2D eigenvalue weighted by atomic mass is 10.0. The molecule has 3 heterocycles. The van der Waals surface area contributed by atoms with E-state index in [0.717, 1.165) is 9.52 Å². The molecule has 2 bridgehead atoms. The molecule has 0 amide bonds. The Hall–Kier alpha value is -0.390. The van der Waals surface area contributed by atoms with Crippen molar-refractivity contribution < 1.29 is 0 Å². The van der Waals surface area contributed by atoms with Crippen LogP contribution in [0.4, 0.5) is 5.95 Å². The van der Waals surface area contributed by atoms with Crippen LogP contribution in [0.5, 0.6) is 0 Å². The van der Waals surface area contributed by atoms with Crippen LogP contribution < -0.4 is 4.90 Å². The molecule has 0 aliphatic carbocycles. The largest absolute Gasteiger partial charge is 0.335 e. The molecule has 80 valence electrons. The number of rotatable bonds is 1. The molecule has 2 unspecified atom stereocenters. The molecule has 4 heteroatoms. The first-order chi connectivity index (χ1) is 7.34. The average molecular weight is 315 g/mol. The Morgan fingerprint density at radius 1 is 1.07 bits per heavy atom. The Bertz CT molecular complexity index is 335. The van der Waals surface area contributed by atoms with E-state index in [1.165, 1.54) is 32.1 Å². The van der Waals surface area contributed by atoms with E-state index in [0.29, 0.717) is 12.1 Å². The summed E-state index contributed by atoms with van der Waals surface area (Å²) in [6, 6.07) is 1.42. The van der Waals surface area contributed by atoms with Crippen molar-refractivity contribution in [2.45, 2.75) is 44.2 Å². The van der Waals surface area contributed by atoms with Crippen molar-refractivity contribution in [2.75, 3.05) is 4.90 Å². The van der Waals surface area contributed by atoms with Crippen LogP contribution in [-0.2, 0) is 0 Å². The molecule has 0 radical (unpaired) electrons. The molecule has 1 aromatic heterocycles. The van der Waals surface area contributed by atoms with Crippen molar-refractivity contribution in [1.82, 2.24) is 9.97 Å². The molecular weight excluding hydrogens is 301 g/mol. The molecule has 1 aromatic rings. The summed E-state index contributed by atoms with van der Waals surface area (Å²) in [6.45, 7) is 0. The highest BCUT2D eigenvalue weighted by Crippen LogP contribution is 2.37. The maximum atomic E-state index is 4.45. The summed E-state index contributed by atoms with van der Waals surface area (Å²) < 4.78 is 1.11. The Morgan fingerprint density at radius 2 is 1.67 bits per heavy atom. The molecule has 2 aliphatic heterocycles. The number of piperidine rings is 1. The van der Waals surface area contributed by atoms with Crippen LogP contribution in [-0.4, -0.2) is 22.1 Å². The van der Waals surface area contributed by atoms with E-state index in [1.807, 2.05) is 12.4 Å². The standard InChI is InChI=1S/C11H14IN3/c12-8-6-13-11(14-7-8)15-9-2-1-3-10(15)5-4-9/h6-7,9-10H,1-5H2. The number of hydrogen-bond acceptors (Lipinski definition) is 3. The molecule has 0 spiro atoms. The van der Waals surface area contributed by atoms with E-state index in [9.17, 15) is 0 Å². The van der Waals surface area contributed by atoms with Crippen molar-refractivity contribution >= 4 is 28.5 Å². The SMILES string of the molecule is Ic1cnc(N2C3CCCC2CC3)nc1. The van der Waals surface area contributed by atoms with Gasteiger partial charge in [-0.15, -0.1) is 0 Å². The fourth-order valence-corrected chi connectivity index (χ4v) is 3.16. The number of hydrogen-bond donors (Lipinski definition) is 0. The smallest absolute Gasteiger partial charge is 0.225 e. The zero-order valence-electron chi connectivity index (χ0n) is 8.56. The van der Waals surface area contributed by atoms with E-state index in [4.69, 9.17) is 0 Å². The minimum atomic E-state index is 0.712. The van der Waals surface area contributed by atoms with Gasteiger partial charge in [0, 0.05) is 28.0 Å². The number of fused-ring (bicyclic) bond motifs is 2. The minimum Gasteiger partial charge on any atom is -0.335 e. The fraction of sp³-hybridized carbons (Fsp3) is 0.636. The van der Waals surface area contributed by atoms with Crippen molar-refractivity contribution in [3.05, 3.63) is 16.0 Å². The molecule has 2 fully saturated rings. The van der Waals surface area contributed by atoms with E-state index >= 15 is 0 Å². The van der Waals surface area contributed by atoms with Gasteiger partial charge < -0.3 is 4.90 Å². The highest BCUT2D eigenvalue weighted by Gasteiger charge is 2.37. The molecule has 3 nitrogen and oxygen atoms in total. The van der Waals surface area contributed by atoms with Gasteiger partial charge >= 0.3 is 0 Å². The van der Waals surface area contributed by atoms with E-state index in [1.54, 1.807) is 0 Å². The summed E-state index contributed by atoms with van der Waals surface area (Å²) in [7, 11) is 0. The fourth-order valence-electron chi connectivity index (χ4n) is 2.88. The van der Waals surface area contributed by atoms with Gasteiger partial charge in [-0.1, -0.05) is 0 Å². The predicted molar refractivity (Wildman–Crippen MR) is 67.9 cm³/mol. The van der Waals surface area contributed by atoms with Gasteiger partial charge in [-0.2, -0.15) is 0 Å². The zero-order chi connectivity index (χ0) is 10.3. The minimum absolute atomic E-state index is 0.712. The lowest BCUT2D eigenvalue weighted by molar-refractivity contribution is 0.460. The number of halogens is 1. The van der Waals surface area contributed by atoms with Crippen LogP contribution >= 0.6 is 22.6 Å². The second kappa shape index (κ2) is 3.88. The first kappa shape index (κ1) is 9.81. The van der Waals surface area contributed by atoms with Crippen molar-refractivity contribution in [3.63, 3.8) is 0 Å². The second-order valence-corrected chi connectivity index (χ2v) is 5.67. The molecule has 3 rings (SSSR count). The highest BCUT2D eigenvalue weighted by molar-refractivity contribution is 14.1. The lowest BCUT2D eigenvalue weighted by Crippen LogP contribution is -2.40. The van der Waals surface area contributed by atoms with Crippen molar-refractivity contribution in [2.24, 2.45) is 0 Å². The summed E-state index contributed by atoms with van der Waals surface area (Å²) in [5.41, 5.74) is 0. The van der Waals surface area contributed by atoms with Crippen molar-refractivity contribution in [1.29, 1.82) is 0 Å². The predicted octanol–water partition coefficient (Wildman–Crippen LogP) is 2.60. The van der Waals surface area contributed by atoms with Gasteiger partial charge in [0.25, 0.3) is 0 Å². The van der Waals surface area contributed by atoms with Crippen LogP contribution in [0.3, 0.4) is 0 Å². The van der Waals surface area contributed by atoms with Gasteiger partial charge in [0.15, 0.2) is 0 Å². The third-order valence-corrected chi connectivity index (χ3v) is 4.09. The maximum absolute atomic E-state index is 4.45. The molecular formula is C11H14IN3. The quantitative estimate of drug-likeness (QED) is 0.746. The summed E-state index contributed by atoms with van der Waals surface area (Å²) in [5, 5.41) is 0. The third kappa shape index (κ3) is 1.73. The summed E-state index contributed by atoms with van der Waals surface area (Å²) in [5.74, 6) is 0.947. The van der Waals surface area contributed by atoms with E-state index in [-0.39, 0.29) is 0 Å². The molecule has 2 saturated heterocycles. The Morgan fingerprint density at radius 3 is 2.27 bits per heavy atom. The Kier molecular flexibility index (Phi) is 2.54. The Balaban J connectivity index is 1.90. The van der Waals surface area contributed by atoms with Crippen molar-refractivity contribution in [3.8, 4) is 0 Å². The van der Waals surface area contributed by atoms with Crippen LogP contribution in [0.15, 0.2) is 12.4 Å². The summed E-state index contributed by atoms with van der Waals surface area (Å²) >= 11 is 2.25. The van der Waals surface area contributed by atoms with Gasteiger partial charge in [0.05, 0.1) is 0 Å². The molecule has 2 atom stereocenters. The van der Waals surface area contributed by atoms with Gasteiger partial charge in [-0.25, -0.2) is 9.97 Å². The normalized spacial score (nSPS) is 29.5. The van der Waals surface area contributed by atoms with Gasteiger partial charge in [0.2, 0.25) is 5.95 Å². The first-order valence-electron chi connectivity index (χ1n) is 5.60. The van der Waals surface area contributed by atoms with E-state index in [2.05, 4.69) is 37.5 Å². The monoisotopic (exact) mass is 315 g/mol. The molecule has 2 aliphatic rings.